The number of pyridine rings is 1. The zero-order valence-corrected chi connectivity index (χ0v) is 11.3. The van der Waals surface area contributed by atoms with Crippen molar-refractivity contribution in [3.63, 3.8) is 0 Å². The van der Waals surface area contributed by atoms with Crippen molar-refractivity contribution in [2.45, 2.75) is 18.8 Å². The predicted octanol–water partition coefficient (Wildman–Crippen LogP) is 2.28. The Kier molecular flexibility index (Phi) is 2.83. The second-order valence-electron chi connectivity index (χ2n) is 4.70. The lowest BCUT2D eigenvalue weighted by molar-refractivity contribution is 0.546. The number of nitrogens with zero attached hydrogens (tertiary/aromatic N) is 2. The summed E-state index contributed by atoms with van der Waals surface area (Å²) in [5.74, 6) is 0.783. The fraction of sp³-hybridized carbons (Fsp3) is 0.417. The first-order chi connectivity index (χ1) is 8.53. The predicted molar refractivity (Wildman–Crippen MR) is 70.8 cm³/mol. The highest BCUT2D eigenvalue weighted by Gasteiger charge is 2.26. The lowest BCUT2D eigenvalue weighted by Crippen LogP contribution is -2.22. The number of sulfone groups is 1. The van der Waals surface area contributed by atoms with Crippen molar-refractivity contribution in [2.24, 2.45) is 0 Å². The van der Waals surface area contributed by atoms with E-state index in [0.717, 1.165) is 11.3 Å². The maximum absolute atomic E-state index is 11.4. The van der Waals surface area contributed by atoms with Crippen LogP contribution in [0.3, 0.4) is 0 Å². The first-order valence-corrected chi connectivity index (χ1v) is 8.08. The molecule has 1 saturated heterocycles. The first-order valence-electron chi connectivity index (χ1n) is 5.88. The smallest absolute Gasteiger partial charge is 0.150 e. The summed E-state index contributed by atoms with van der Waals surface area (Å²) in [6, 6.07) is 3.67. The molecule has 6 heteroatoms. The minimum Gasteiger partial charge on any atom is -0.305 e. The summed E-state index contributed by atoms with van der Waals surface area (Å²) < 4.78 is 24.7. The van der Waals surface area contributed by atoms with E-state index in [1.54, 1.807) is 6.07 Å². The third-order valence-corrected chi connectivity index (χ3v) is 5.35. The highest BCUT2D eigenvalue weighted by molar-refractivity contribution is 7.91. The Morgan fingerprint density at radius 2 is 1.94 bits per heavy atom. The van der Waals surface area contributed by atoms with Crippen molar-refractivity contribution >= 4 is 27.1 Å². The molecule has 18 heavy (non-hydrogen) atoms. The van der Waals surface area contributed by atoms with Gasteiger partial charge in [-0.05, 0) is 25.0 Å². The van der Waals surface area contributed by atoms with Crippen molar-refractivity contribution in [1.82, 2.24) is 9.38 Å². The molecule has 0 atom stereocenters. The van der Waals surface area contributed by atoms with Crippen LogP contribution < -0.4 is 0 Å². The Balaban J connectivity index is 1.91. The van der Waals surface area contributed by atoms with Crippen molar-refractivity contribution in [3.8, 4) is 0 Å². The van der Waals surface area contributed by atoms with E-state index < -0.39 is 9.84 Å². The summed E-state index contributed by atoms with van der Waals surface area (Å²) in [5, 5.41) is 0.665. The fourth-order valence-corrected chi connectivity index (χ4v) is 4.03. The van der Waals surface area contributed by atoms with Gasteiger partial charge in [0.05, 0.1) is 22.2 Å². The highest BCUT2D eigenvalue weighted by Crippen LogP contribution is 2.28. The quantitative estimate of drug-likeness (QED) is 0.807. The summed E-state index contributed by atoms with van der Waals surface area (Å²) >= 11 is 5.92. The van der Waals surface area contributed by atoms with Gasteiger partial charge in [-0.25, -0.2) is 13.4 Å². The maximum atomic E-state index is 11.4. The Morgan fingerprint density at radius 1 is 1.22 bits per heavy atom. The molecule has 0 spiro atoms. The van der Waals surface area contributed by atoms with Crippen LogP contribution in [0, 0.1) is 0 Å². The van der Waals surface area contributed by atoms with Gasteiger partial charge >= 0.3 is 0 Å². The normalized spacial score (nSPS) is 20.3. The van der Waals surface area contributed by atoms with E-state index in [9.17, 15) is 8.42 Å². The first kappa shape index (κ1) is 12.0. The van der Waals surface area contributed by atoms with Gasteiger partial charge in [0, 0.05) is 18.3 Å². The Hall–Kier alpha value is -1.07. The van der Waals surface area contributed by atoms with E-state index in [2.05, 4.69) is 4.98 Å². The molecule has 3 rings (SSSR count). The van der Waals surface area contributed by atoms with Crippen LogP contribution in [0.4, 0.5) is 0 Å². The van der Waals surface area contributed by atoms with E-state index in [-0.39, 0.29) is 17.4 Å². The van der Waals surface area contributed by atoms with E-state index in [1.165, 1.54) is 0 Å². The molecule has 96 valence electrons. The van der Waals surface area contributed by atoms with Gasteiger partial charge in [0.1, 0.15) is 15.5 Å². The second-order valence-corrected chi connectivity index (χ2v) is 7.44. The monoisotopic (exact) mass is 284 g/mol. The topological polar surface area (TPSA) is 51.4 Å². The van der Waals surface area contributed by atoms with Crippen LogP contribution in [0.15, 0.2) is 24.5 Å². The molecule has 0 aliphatic carbocycles. The number of imidazole rings is 1. The van der Waals surface area contributed by atoms with Gasteiger partial charge in [-0.3, -0.25) is 0 Å². The van der Waals surface area contributed by atoms with Gasteiger partial charge < -0.3 is 4.40 Å². The van der Waals surface area contributed by atoms with Crippen LogP contribution in [0.1, 0.15) is 24.5 Å². The molecule has 2 aromatic heterocycles. The van der Waals surface area contributed by atoms with Crippen LogP contribution in [-0.2, 0) is 9.84 Å². The van der Waals surface area contributed by atoms with E-state index in [0.29, 0.717) is 17.9 Å². The lowest BCUT2D eigenvalue weighted by Gasteiger charge is -2.19. The van der Waals surface area contributed by atoms with Crippen molar-refractivity contribution in [3.05, 3.63) is 35.2 Å². The molecule has 0 aromatic carbocycles. The molecule has 1 aliphatic rings. The average molecular weight is 285 g/mol. The van der Waals surface area contributed by atoms with Gasteiger partial charge in [0.2, 0.25) is 0 Å². The zero-order valence-electron chi connectivity index (χ0n) is 9.71. The van der Waals surface area contributed by atoms with Gasteiger partial charge in [-0.2, -0.15) is 0 Å². The average Bonchev–Trinajstić information content (AvgIpc) is 2.71. The third kappa shape index (κ3) is 2.24. The SMILES string of the molecule is O=S1(=O)CCC(c2cn3cc(Cl)ccc3n2)CC1. The molecule has 0 N–H and O–H groups in total. The van der Waals surface area contributed by atoms with Crippen LogP contribution in [0.2, 0.25) is 5.02 Å². The molecule has 4 nitrogen and oxygen atoms in total. The lowest BCUT2D eigenvalue weighted by atomic mass is 10.00. The van der Waals surface area contributed by atoms with Crippen molar-refractivity contribution < 1.29 is 8.42 Å². The number of halogens is 1. The van der Waals surface area contributed by atoms with E-state index in [4.69, 9.17) is 11.6 Å². The molecule has 1 fully saturated rings. The van der Waals surface area contributed by atoms with E-state index in [1.807, 2.05) is 22.9 Å². The molecular formula is C12H13ClN2O2S. The number of hydrogen-bond donors (Lipinski definition) is 0. The van der Waals surface area contributed by atoms with Gasteiger partial charge in [-0.15, -0.1) is 0 Å². The summed E-state index contributed by atoms with van der Waals surface area (Å²) in [4.78, 5) is 4.53. The van der Waals surface area contributed by atoms with Crippen LogP contribution in [-0.4, -0.2) is 29.3 Å². The second kappa shape index (κ2) is 4.24. The molecular weight excluding hydrogens is 272 g/mol. The third-order valence-electron chi connectivity index (χ3n) is 3.41. The van der Waals surface area contributed by atoms with Crippen LogP contribution >= 0.6 is 11.6 Å². The van der Waals surface area contributed by atoms with Crippen molar-refractivity contribution in [2.75, 3.05) is 11.5 Å². The Labute approximate surface area is 111 Å². The van der Waals surface area contributed by atoms with Crippen LogP contribution in [0.25, 0.3) is 5.65 Å². The minimum atomic E-state index is -2.82. The molecule has 0 radical (unpaired) electrons. The minimum absolute atomic E-state index is 0.243. The largest absolute Gasteiger partial charge is 0.305 e. The number of aromatic nitrogens is 2. The summed E-state index contributed by atoms with van der Waals surface area (Å²) in [7, 11) is -2.82. The fourth-order valence-electron chi connectivity index (χ4n) is 2.37. The van der Waals surface area contributed by atoms with E-state index >= 15 is 0 Å². The maximum Gasteiger partial charge on any atom is 0.150 e. The molecule has 2 aromatic rings. The molecule has 0 bridgehead atoms. The number of hydrogen-bond acceptors (Lipinski definition) is 3. The Bertz CT molecular complexity index is 679. The molecule has 0 unspecified atom stereocenters. The van der Waals surface area contributed by atoms with Gasteiger partial charge in [0.25, 0.3) is 0 Å². The highest BCUT2D eigenvalue weighted by atomic mass is 35.5. The molecule has 3 heterocycles. The van der Waals surface area contributed by atoms with Gasteiger partial charge in [-0.1, -0.05) is 11.6 Å². The number of fused-ring (bicyclic) bond motifs is 1. The molecule has 1 aliphatic heterocycles. The summed E-state index contributed by atoms with van der Waals surface area (Å²) in [6.45, 7) is 0. The summed E-state index contributed by atoms with van der Waals surface area (Å²) in [5.41, 5.74) is 1.81. The Morgan fingerprint density at radius 3 is 2.67 bits per heavy atom. The standard InChI is InChI=1S/C12H13ClN2O2S/c13-10-1-2-12-14-11(8-15(12)7-10)9-3-5-18(16,17)6-4-9/h1-2,7-9H,3-6H2. The van der Waals surface area contributed by atoms with Crippen LogP contribution in [0.5, 0.6) is 0 Å². The molecule has 0 saturated carbocycles. The van der Waals surface area contributed by atoms with Gasteiger partial charge in [0.15, 0.2) is 0 Å². The molecule has 0 amide bonds. The zero-order chi connectivity index (χ0) is 12.8. The van der Waals surface area contributed by atoms with Crippen molar-refractivity contribution in [1.29, 1.82) is 0 Å². The summed E-state index contributed by atoms with van der Waals surface area (Å²) in [6.07, 6.45) is 5.09. The number of rotatable bonds is 1.